The summed E-state index contributed by atoms with van der Waals surface area (Å²) >= 11 is 0. The smallest absolute Gasteiger partial charge is 0.157 e. The Morgan fingerprint density at radius 3 is 3.00 bits per heavy atom. The molecule has 2 fully saturated rings. The molecular weight excluding hydrogens is 218 g/mol. The van der Waals surface area contributed by atoms with Crippen LogP contribution in [0, 0.1) is 0 Å². The molecule has 0 bridgehead atoms. The third-order valence-electron chi connectivity index (χ3n) is 3.60. The molecule has 4 nitrogen and oxygen atoms in total. The molecule has 0 saturated carbocycles. The molecule has 0 aromatic heterocycles. The number of β-amino-alcohol motifs (C(OH)–C–C–N with tert-alkyl or cyclic N) is 1. The molecule has 2 rings (SSSR count). The zero-order valence-corrected chi connectivity index (χ0v) is 10.9. The Bertz CT molecular complexity index is 227. The molecule has 100 valence electrons. The molecule has 0 aromatic carbocycles. The second-order valence-corrected chi connectivity index (χ2v) is 5.54. The normalized spacial score (nSPS) is 36.0. The molecule has 2 atom stereocenters. The summed E-state index contributed by atoms with van der Waals surface area (Å²) in [6.45, 7) is 6.21. The van der Waals surface area contributed by atoms with Crippen LogP contribution in [0.1, 0.15) is 39.0 Å². The lowest BCUT2D eigenvalue weighted by Gasteiger charge is -2.37. The molecule has 1 N–H and O–H groups in total. The van der Waals surface area contributed by atoms with E-state index in [1.807, 2.05) is 6.92 Å². The van der Waals surface area contributed by atoms with E-state index in [1.54, 1.807) is 0 Å². The predicted octanol–water partition coefficient (Wildman–Crippen LogP) is 1.38. The van der Waals surface area contributed by atoms with Crippen molar-refractivity contribution < 1.29 is 14.6 Å². The van der Waals surface area contributed by atoms with Crippen molar-refractivity contribution in [2.45, 2.75) is 50.9 Å². The quantitative estimate of drug-likeness (QED) is 0.810. The highest BCUT2D eigenvalue weighted by Gasteiger charge is 2.28. The van der Waals surface area contributed by atoms with Gasteiger partial charge in [-0.2, -0.15) is 0 Å². The molecule has 0 radical (unpaired) electrons. The number of aliphatic hydroxyl groups is 1. The molecule has 0 aromatic rings. The Kier molecular flexibility index (Phi) is 4.79. The molecule has 2 saturated heterocycles. The molecule has 0 aliphatic carbocycles. The first-order chi connectivity index (χ1) is 8.16. The van der Waals surface area contributed by atoms with Crippen molar-refractivity contribution in [1.29, 1.82) is 0 Å². The van der Waals surface area contributed by atoms with Crippen LogP contribution in [0.15, 0.2) is 0 Å². The van der Waals surface area contributed by atoms with Gasteiger partial charge in [0.05, 0.1) is 12.2 Å². The van der Waals surface area contributed by atoms with Gasteiger partial charge in [0.15, 0.2) is 6.29 Å². The molecule has 17 heavy (non-hydrogen) atoms. The second-order valence-electron chi connectivity index (χ2n) is 5.54. The summed E-state index contributed by atoms with van der Waals surface area (Å²) in [5, 5.41) is 9.99. The maximum absolute atomic E-state index is 9.99. The summed E-state index contributed by atoms with van der Waals surface area (Å²) in [5.74, 6) is 0. The first-order valence-corrected chi connectivity index (χ1v) is 6.84. The van der Waals surface area contributed by atoms with E-state index in [-0.39, 0.29) is 6.29 Å². The molecule has 2 unspecified atom stereocenters. The first kappa shape index (κ1) is 13.3. The van der Waals surface area contributed by atoms with E-state index < -0.39 is 5.60 Å². The van der Waals surface area contributed by atoms with Gasteiger partial charge in [-0.3, -0.25) is 4.90 Å². The van der Waals surface area contributed by atoms with Crippen LogP contribution < -0.4 is 0 Å². The third kappa shape index (κ3) is 4.54. The minimum absolute atomic E-state index is 0.00838. The number of hydrogen-bond acceptors (Lipinski definition) is 4. The lowest BCUT2D eigenvalue weighted by atomic mass is 9.95. The SMILES string of the molecule is CC1(O)CCCN(CCOC2CCCCO2)C1. The fourth-order valence-corrected chi connectivity index (χ4v) is 2.67. The van der Waals surface area contributed by atoms with Crippen molar-refractivity contribution in [3.05, 3.63) is 0 Å². The Hall–Kier alpha value is -0.160. The van der Waals surface area contributed by atoms with Gasteiger partial charge in [0, 0.05) is 19.7 Å². The van der Waals surface area contributed by atoms with E-state index in [4.69, 9.17) is 9.47 Å². The summed E-state index contributed by atoms with van der Waals surface area (Å²) in [6, 6.07) is 0. The van der Waals surface area contributed by atoms with Gasteiger partial charge >= 0.3 is 0 Å². The van der Waals surface area contributed by atoms with Crippen LogP contribution in [0.3, 0.4) is 0 Å². The van der Waals surface area contributed by atoms with Gasteiger partial charge in [-0.25, -0.2) is 0 Å². The fraction of sp³-hybridized carbons (Fsp3) is 1.00. The number of likely N-dealkylation sites (tertiary alicyclic amines) is 1. The highest BCUT2D eigenvalue weighted by atomic mass is 16.7. The second kappa shape index (κ2) is 6.14. The maximum Gasteiger partial charge on any atom is 0.157 e. The Labute approximate surface area is 104 Å². The zero-order valence-electron chi connectivity index (χ0n) is 10.9. The van der Waals surface area contributed by atoms with Gasteiger partial charge in [-0.15, -0.1) is 0 Å². The van der Waals surface area contributed by atoms with E-state index in [0.717, 1.165) is 51.9 Å². The van der Waals surface area contributed by atoms with Crippen LogP contribution >= 0.6 is 0 Å². The summed E-state index contributed by atoms with van der Waals surface area (Å²) in [6.07, 6.45) is 5.40. The predicted molar refractivity (Wildman–Crippen MR) is 65.8 cm³/mol. The van der Waals surface area contributed by atoms with Crippen molar-refractivity contribution >= 4 is 0 Å². The minimum Gasteiger partial charge on any atom is -0.389 e. The number of nitrogens with zero attached hydrogens (tertiary/aromatic N) is 1. The monoisotopic (exact) mass is 243 g/mol. The Balaban J connectivity index is 1.61. The molecule has 4 heteroatoms. The minimum atomic E-state index is -0.514. The van der Waals surface area contributed by atoms with Gasteiger partial charge in [0.1, 0.15) is 0 Å². The van der Waals surface area contributed by atoms with Crippen LogP contribution in [0.25, 0.3) is 0 Å². The van der Waals surface area contributed by atoms with E-state index >= 15 is 0 Å². The third-order valence-corrected chi connectivity index (χ3v) is 3.60. The largest absolute Gasteiger partial charge is 0.389 e. The topological polar surface area (TPSA) is 41.9 Å². The standard InChI is InChI=1S/C13H25NO3/c1-13(15)6-4-7-14(11-13)8-10-17-12-5-2-3-9-16-12/h12,15H,2-11H2,1H3. The fourth-order valence-electron chi connectivity index (χ4n) is 2.67. The van der Waals surface area contributed by atoms with Gasteiger partial charge in [-0.05, 0) is 45.6 Å². The highest BCUT2D eigenvalue weighted by Crippen LogP contribution is 2.20. The number of piperidine rings is 1. The first-order valence-electron chi connectivity index (χ1n) is 6.84. The van der Waals surface area contributed by atoms with E-state index in [9.17, 15) is 5.11 Å². The molecule has 2 aliphatic rings. The average molecular weight is 243 g/mol. The van der Waals surface area contributed by atoms with Gasteiger partial charge in [-0.1, -0.05) is 0 Å². The Morgan fingerprint density at radius 2 is 2.29 bits per heavy atom. The average Bonchev–Trinajstić information content (AvgIpc) is 2.29. The lowest BCUT2D eigenvalue weighted by Crippen LogP contribution is -2.47. The summed E-state index contributed by atoms with van der Waals surface area (Å²) < 4.78 is 11.2. The number of ether oxygens (including phenoxy) is 2. The molecular formula is C13H25NO3. The Morgan fingerprint density at radius 1 is 1.41 bits per heavy atom. The van der Waals surface area contributed by atoms with Crippen molar-refractivity contribution in [2.24, 2.45) is 0 Å². The van der Waals surface area contributed by atoms with E-state index in [2.05, 4.69) is 4.90 Å². The zero-order chi connectivity index (χ0) is 12.1. The van der Waals surface area contributed by atoms with Crippen molar-refractivity contribution in [2.75, 3.05) is 32.8 Å². The van der Waals surface area contributed by atoms with Crippen LogP contribution in [-0.2, 0) is 9.47 Å². The number of rotatable bonds is 4. The van der Waals surface area contributed by atoms with Crippen LogP contribution in [-0.4, -0.2) is 54.7 Å². The van der Waals surface area contributed by atoms with Crippen LogP contribution in [0.5, 0.6) is 0 Å². The van der Waals surface area contributed by atoms with Crippen molar-refractivity contribution in [1.82, 2.24) is 4.90 Å². The molecule has 2 heterocycles. The number of hydrogen-bond donors (Lipinski definition) is 1. The van der Waals surface area contributed by atoms with Gasteiger partial charge < -0.3 is 14.6 Å². The lowest BCUT2D eigenvalue weighted by molar-refractivity contribution is -0.165. The van der Waals surface area contributed by atoms with Crippen molar-refractivity contribution in [3.63, 3.8) is 0 Å². The van der Waals surface area contributed by atoms with Crippen molar-refractivity contribution in [3.8, 4) is 0 Å². The van der Waals surface area contributed by atoms with Crippen LogP contribution in [0.4, 0.5) is 0 Å². The molecule has 2 aliphatic heterocycles. The molecule has 0 spiro atoms. The van der Waals surface area contributed by atoms with E-state index in [1.165, 1.54) is 6.42 Å². The summed E-state index contributed by atoms with van der Waals surface area (Å²) in [7, 11) is 0. The van der Waals surface area contributed by atoms with Crippen LogP contribution in [0.2, 0.25) is 0 Å². The van der Waals surface area contributed by atoms with Gasteiger partial charge in [0.2, 0.25) is 0 Å². The summed E-state index contributed by atoms with van der Waals surface area (Å²) in [4.78, 5) is 2.28. The molecule has 0 amide bonds. The maximum atomic E-state index is 9.99. The highest BCUT2D eigenvalue weighted by molar-refractivity contribution is 4.82. The van der Waals surface area contributed by atoms with Gasteiger partial charge in [0.25, 0.3) is 0 Å². The van der Waals surface area contributed by atoms with E-state index in [0.29, 0.717) is 6.61 Å². The summed E-state index contributed by atoms with van der Waals surface area (Å²) in [5.41, 5.74) is -0.514.